The molecule has 0 heterocycles. The summed E-state index contributed by atoms with van der Waals surface area (Å²) < 4.78 is 5.45. The van der Waals surface area contributed by atoms with Gasteiger partial charge in [-0.25, -0.2) is 0 Å². The molecule has 2 heteroatoms. The summed E-state index contributed by atoms with van der Waals surface area (Å²) in [4.78, 5) is 11.4. The number of esters is 1. The highest BCUT2D eigenvalue weighted by atomic mass is 16.5. The second kappa shape index (κ2) is 4.97. The van der Waals surface area contributed by atoms with Gasteiger partial charge in [-0.15, -0.1) is 6.58 Å². The number of hydrogen-bond donors (Lipinski definition) is 0. The lowest BCUT2D eigenvalue weighted by Gasteiger charge is -2.25. The molecule has 0 saturated carbocycles. The van der Waals surface area contributed by atoms with E-state index < -0.39 is 0 Å². The van der Waals surface area contributed by atoms with Crippen molar-refractivity contribution in [2.75, 3.05) is 0 Å². The number of fused-ring (bicyclic) bond motifs is 1. The molecule has 16 heavy (non-hydrogen) atoms. The molecule has 0 aromatic heterocycles. The van der Waals surface area contributed by atoms with Gasteiger partial charge in [0, 0.05) is 0 Å². The SMILES string of the molecule is C=CCC(=O)OC1CCCc2ccccc21. The summed E-state index contributed by atoms with van der Waals surface area (Å²) in [5.74, 6) is -0.184. The van der Waals surface area contributed by atoms with Crippen LogP contribution in [0.3, 0.4) is 0 Å². The van der Waals surface area contributed by atoms with Gasteiger partial charge in [0.2, 0.25) is 0 Å². The Morgan fingerprint density at radius 1 is 1.50 bits per heavy atom. The number of aryl methyl sites for hydroxylation is 1. The number of rotatable bonds is 3. The maximum Gasteiger partial charge on any atom is 0.310 e. The third-order valence-electron chi connectivity index (χ3n) is 2.90. The first-order valence-corrected chi connectivity index (χ1v) is 5.69. The summed E-state index contributed by atoms with van der Waals surface area (Å²) in [7, 11) is 0. The zero-order valence-electron chi connectivity index (χ0n) is 9.32. The highest BCUT2D eigenvalue weighted by molar-refractivity contribution is 5.71. The van der Waals surface area contributed by atoms with E-state index in [-0.39, 0.29) is 12.1 Å². The molecule has 0 aliphatic heterocycles. The highest BCUT2D eigenvalue weighted by Gasteiger charge is 2.22. The van der Waals surface area contributed by atoms with Crippen LogP contribution in [0.15, 0.2) is 36.9 Å². The first kappa shape index (κ1) is 10.9. The van der Waals surface area contributed by atoms with E-state index in [2.05, 4.69) is 18.7 Å². The number of benzene rings is 1. The molecule has 84 valence electrons. The van der Waals surface area contributed by atoms with Gasteiger partial charge in [0.05, 0.1) is 6.42 Å². The van der Waals surface area contributed by atoms with E-state index in [0.717, 1.165) is 19.3 Å². The quantitative estimate of drug-likeness (QED) is 0.573. The Balaban J connectivity index is 2.12. The smallest absolute Gasteiger partial charge is 0.310 e. The largest absolute Gasteiger partial charge is 0.457 e. The number of ether oxygens (including phenoxy) is 1. The Bertz CT molecular complexity index is 395. The Morgan fingerprint density at radius 2 is 2.31 bits per heavy atom. The van der Waals surface area contributed by atoms with E-state index in [1.165, 1.54) is 11.1 Å². The summed E-state index contributed by atoms with van der Waals surface area (Å²) in [6.07, 6.45) is 4.92. The molecular weight excluding hydrogens is 200 g/mol. The molecule has 1 aliphatic rings. The van der Waals surface area contributed by atoms with Crippen molar-refractivity contribution in [1.82, 2.24) is 0 Å². The van der Waals surface area contributed by atoms with E-state index in [0.29, 0.717) is 6.42 Å². The topological polar surface area (TPSA) is 26.3 Å². The lowest BCUT2D eigenvalue weighted by molar-refractivity contribution is -0.149. The van der Waals surface area contributed by atoms with Crippen LogP contribution in [0.4, 0.5) is 0 Å². The van der Waals surface area contributed by atoms with Crippen molar-refractivity contribution in [2.45, 2.75) is 31.8 Å². The fourth-order valence-corrected chi connectivity index (χ4v) is 2.16. The predicted octanol–water partition coefficient (Wildman–Crippen LogP) is 3.18. The van der Waals surface area contributed by atoms with Gasteiger partial charge in [0.25, 0.3) is 0 Å². The molecule has 0 bridgehead atoms. The Kier molecular flexibility index (Phi) is 3.40. The molecule has 0 spiro atoms. The fourth-order valence-electron chi connectivity index (χ4n) is 2.16. The Labute approximate surface area is 95.9 Å². The summed E-state index contributed by atoms with van der Waals surface area (Å²) >= 11 is 0. The lowest BCUT2D eigenvalue weighted by atomic mass is 9.89. The summed E-state index contributed by atoms with van der Waals surface area (Å²) in [6.45, 7) is 3.54. The molecule has 0 fully saturated rings. The molecule has 0 N–H and O–H groups in total. The van der Waals surface area contributed by atoms with Gasteiger partial charge in [0.15, 0.2) is 0 Å². The Morgan fingerprint density at radius 3 is 3.12 bits per heavy atom. The third kappa shape index (κ3) is 2.32. The van der Waals surface area contributed by atoms with Gasteiger partial charge in [0.1, 0.15) is 6.10 Å². The normalized spacial score (nSPS) is 18.6. The molecule has 1 aromatic carbocycles. The van der Waals surface area contributed by atoms with E-state index in [9.17, 15) is 4.79 Å². The second-order valence-electron chi connectivity index (χ2n) is 4.06. The van der Waals surface area contributed by atoms with Crippen molar-refractivity contribution in [3.05, 3.63) is 48.0 Å². The maximum absolute atomic E-state index is 11.4. The molecule has 1 aromatic rings. The minimum atomic E-state index is -0.184. The van der Waals surface area contributed by atoms with Crippen molar-refractivity contribution in [3.8, 4) is 0 Å². The van der Waals surface area contributed by atoms with Crippen LogP contribution in [0.2, 0.25) is 0 Å². The van der Waals surface area contributed by atoms with Crippen LogP contribution in [-0.4, -0.2) is 5.97 Å². The van der Waals surface area contributed by atoms with E-state index in [1.807, 2.05) is 12.1 Å². The zero-order valence-corrected chi connectivity index (χ0v) is 9.32. The van der Waals surface area contributed by atoms with Crippen LogP contribution in [0.1, 0.15) is 36.5 Å². The number of carbonyl (C=O) groups is 1. The second-order valence-corrected chi connectivity index (χ2v) is 4.06. The summed E-state index contributed by atoms with van der Waals surface area (Å²) in [5.41, 5.74) is 2.48. The molecule has 1 aliphatic carbocycles. The van der Waals surface area contributed by atoms with Gasteiger partial charge in [-0.05, 0) is 30.4 Å². The Hall–Kier alpha value is -1.57. The van der Waals surface area contributed by atoms with E-state index in [4.69, 9.17) is 4.74 Å². The first-order valence-electron chi connectivity index (χ1n) is 5.69. The van der Waals surface area contributed by atoms with Gasteiger partial charge < -0.3 is 4.74 Å². The van der Waals surface area contributed by atoms with Gasteiger partial charge in [-0.2, -0.15) is 0 Å². The lowest BCUT2D eigenvalue weighted by Crippen LogP contribution is -2.16. The van der Waals surface area contributed by atoms with Gasteiger partial charge in [-0.3, -0.25) is 4.79 Å². The van der Waals surface area contributed by atoms with Crippen molar-refractivity contribution >= 4 is 5.97 Å². The maximum atomic E-state index is 11.4. The molecule has 0 saturated heterocycles. The van der Waals surface area contributed by atoms with Crippen molar-refractivity contribution in [2.24, 2.45) is 0 Å². The predicted molar refractivity (Wildman–Crippen MR) is 63.0 cm³/mol. The number of carbonyl (C=O) groups excluding carboxylic acids is 1. The van der Waals surface area contributed by atoms with Crippen LogP contribution in [0.25, 0.3) is 0 Å². The van der Waals surface area contributed by atoms with Crippen LogP contribution in [0.5, 0.6) is 0 Å². The van der Waals surface area contributed by atoms with Crippen LogP contribution in [-0.2, 0) is 16.0 Å². The van der Waals surface area contributed by atoms with Crippen molar-refractivity contribution in [3.63, 3.8) is 0 Å². The van der Waals surface area contributed by atoms with Crippen LogP contribution < -0.4 is 0 Å². The first-order chi connectivity index (χ1) is 7.81. The summed E-state index contributed by atoms with van der Waals surface area (Å²) in [5, 5.41) is 0. The summed E-state index contributed by atoms with van der Waals surface area (Å²) in [6, 6.07) is 8.20. The van der Waals surface area contributed by atoms with Gasteiger partial charge >= 0.3 is 5.97 Å². The highest BCUT2D eigenvalue weighted by Crippen LogP contribution is 2.32. The average molecular weight is 216 g/mol. The molecule has 0 radical (unpaired) electrons. The monoisotopic (exact) mass is 216 g/mol. The van der Waals surface area contributed by atoms with Gasteiger partial charge in [-0.1, -0.05) is 30.3 Å². The molecule has 1 atom stereocenters. The molecule has 2 rings (SSSR count). The average Bonchev–Trinajstić information content (AvgIpc) is 2.30. The van der Waals surface area contributed by atoms with Crippen molar-refractivity contribution in [1.29, 1.82) is 0 Å². The number of hydrogen-bond acceptors (Lipinski definition) is 2. The minimum absolute atomic E-state index is 0.0580. The van der Waals surface area contributed by atoms with Crippen molar-refractivity contribution < 1.29 is 9.53 Å². The third-order valence-corrected chi connectivity index (χ3v) is 2.90. The minimum Gasteiger partial charge on any atom is -0.457 e. The molecule has 1 unspecified atom stereocenters. The van der Waals surface area contributed by atoms with E-state index in [1.54, 1.807) is 6.08 Å². The zero-order chi connectivity index (χ0) is 11.4. The molecular formula is C14H16O2. The van der Waals surface area contributed by atoms with E-state index >= 15 is 0 Å². The molecule has 0 amide bonds. The fraction of sp³-hybridized carbons (Fsp3) is 0.357. The molecule has 2 nitrogen and oxygen atoms in total. The van der Waals surface area contributed by atoms with Crippen LogP contribution >= 0.6 is 0 Å². The standard InChI is InChI=1S/C14H16O2/c1-2-6-14(15)16-13-10-5-8-11-7-3-4-9-12(11)13/h2-4,7,9,13H,1,5-6,8,10H2. The van der Waals surface area contributed by atoms with Crippen LogP contribution in [0, 0.1) is 0 Å².